The minimum atomic E-state index is -5.07. The molecule has 3 heterocycles. The SMILES string of the molecule is COc1ccc([N+](=O)[O-])cc1-c1ccc(N2CCC2)nc1CN1C(=O)O[C@H](c2cc(C(F)(F)F)cc(C(F)(F)F)c2)[C@@H]1C. The van der Waals surface area contributed by atoms with Crippen molar-refractivity contribution in [3.05, 3.63) is 81.0 Å². The average molecular weight is 611 g/mol. The van der Waals surface area contributed by atoms with Gasteiger partial charge in [-0.05, 0) is 55.3 Å². The number of halogens is 6. The Labute approximate surface area is 240 Å². The number of carbonyl (C=O) groups excluding carboxylic acids is 1. The van der Waals surface area contributed by atoms with Crippen LogP contribution < -0.4 is 9.64 Å². The number of non-ortho nitro benzene ring substituents is 1. The first-order valence-corrected chi connectivity index (χ1v) is 13.0. The Morgan fingerprint density at radius 3 is 2.19 bits per heavy atom. The van der Waals surface area contributed by atoms with Gasteiger partial charge < -0.3 is 14.4 Å². The molecular weight excluding hydrogens is 586 g/mol. The van der Waals surface area contributed by atoms with Gasteiger partial charge in [-0.2, -0.15) is 26.3 Å². The topological polar surface area (TPSA) is 98.0 Å². The Morgan fingerprint density at radius 1 is 1.00 bits per heavy atom. The number of anilines is 1. The van der Waals surface area contributed by atoms with Crippen molar-refractivity contribution in [2.75, 3.05) is 25.1 Å². The standard InChI is InChI=1S/C28H24F6N4O5/c1-15-25(16-10-17(27(29,30)31)12-18(11-16)28(32,33)34)43-26(39)37(15)14-22-20(5-7-24(35-22)36-8-3-9-36)21-13-19(38(40)41)4-6-23(21)42-2/h4-7,10-13,15,25H,3,8-9,14H2,1-2H3/t15-,25-/m0/s1. The molecule has 2 fully saturated rings. The number of nitro groups is 1. The van der Waals surface area contributed by atoms with Crippen LogP contribution in [0, 0.1) is 10.1 Å². The fourth-order valence-corrected chi connectivity index (χ4v) is 5.06. The van der Waals surface area contributed by atoms with Gasteiger partial charge >= 0.3 is 18.4 Å². The maximum Gasteiger partial charge on any atom is 0.416 e. The molecule has 5 rings (SSSR count). The number of rotatable bonds is 7. The van der Waals surface area contributed by atoms with Gasteiger partial charge in [-0.1, -0.05) is 0 Å². The highest BCUT2D eigenvalue weighted by molar-refractivity contribution is 5.77. The van der Waals surface area contributed by atoms with Crippen molar-refractivity contribution in [3.8, 4) is 16.9 Å². The molecule has 2 saturated heterocycles. The number of carbonyl (C=O) groups is 1. The molecule has 0 unspecified atom stereocenters. The summed E-state index contributed by atoms with van der Waals surface area (Å²) in [4.78, 5) is 31.8. The highest BCUT2D eigenvalue weighted by Crippen LogP contribution is 2.42. The van der Waals surface area contributed by atoms with Crippen LogP contribution in [-0.2, 0) is 23.6 Å². The molecule has 2 aliphatic rings. The Balaban J connectivity index is 1.55. The third-order valence-corrected chi connectivity index (χ3v) is 7.47. The summed E-state index contributed by atoms with van der Waals surface area (Å²) >= 11 is 0. The van der Waals surface area contributed by atoms with Crippen molar-refractivity contribution in [2.45, 2.75) is 44.4 Å². The number of hydrogen-bond acceptors (Lipinski definition) is 7. The van der Waals surface area contributed by atoms with Crippen LogP contribution in [0.3, 0.4) is 0 Å². The first-order chi connectivity index (χ1) is 20.2. The second-order valence-electron chi connectivity index (χ2n) is 10.2. The molecule has 228 valence electrons. The lowest BCUT2D eigenvalue weighted by Crippen LogP contribution is -2.38. The Bertz CT molecular complexity index is 1540. The molecule has 2 aromatic carbocycles. The molecule has 2 atom stereocenters. The van der Waals surface area contributed by atoms with Gasteiger partial charge in [0, 0.05) is 36.3 Å². The zero-order chi connectivity index (χ0) is 31.3. The van der Waals surface area contributed by atoms with Crippen molar-refractivity contribution in [3.63, 3.8) is 0 Å². The van der Waals surface area contributed by atoms with Crippen LogP contribution in [0.2, 0.25) is 0 Å². The summed E-state index contributed by atoms with van der Waals surface area (Å²) in [7, 11) is 1.38. The highest BCUT2D eigenvalue weighted by Gasteiger charge is 2.43. The van der Waals surface area contributed by atoms with Crippen molar-refractivity contribution in [2.24, 2.45) is 0 Å². The van der Waals surface area contributed by atoms with Gasteiger partial charge in [-0.3, -0.25) is 15.0 Å². The number of nitrogens with zero attached hydrogens (tertiary/aromatic N) is 4. The Morgan fingerprint density at radius 2 is 1.65 bits per heavy atom. The number of cyclic esters (lactones) is 1. The molecule has 2 aliphatic heterocycles. The largest absolute Gasteiger partial charge is 0.496 e. The maximum absolute atomic E-state index is 13.5. The number of benzene rings is 2. The number of alkyl halides is 6. The van der Waals surface area contributed by atoms with E-state index in [1.54, 1.807) is 12.1 Å². The van der Waals surface area contributed by atoms with Gasteiger partial charge in [0.25, 0.3) is 5.69 Å². The molecule has 9 nitrogen and oxygen atoms in total. The third kappa shape index (κ3) is 5.88. The fourth-order valence-electron chi connectivity index (χ4n) is 5.06. The number of nitro benzene ring substituents is 1. The van der Waals surface area contributed by atoms with E-state index < -0.39 is 52.2 Å². The van der Waals surface area contributed by atoms with Crippen LogP contribution in [0.1, 0.15) is 41.8 Å². The summed E-state index contributed by atoms with van der Waals surface area (Å²) in [5.41, 5.74) is -2.79. The third-order valence-electron chi connectivity index (χ3n) is 7.47. The first kappa shape index (κ1) is 29.9. The van der Waals surface area contributed by atoms with E-state index in [0.29, 0.717) is 29.1 Å². The van der Waals surface area contributed by atoms with E-state index in [-0.39, 0.29) is 29.7 Å². The van der Waals surface area contributed by atoms with Crippen molar-refractivity contribution in [1.82, 2.24) is 9.88 Å². The number of amides is 1. The molecule has 43 heavy (non-hydrogen) atoms. The summed E-state index contributed by atoms with van der Waals surface area (Å²) in [5.74, 6) is 0.850. The quantitative estimate of drug-likeness (QED) is 0.162. The predicted octanol–water partition coefficient (Wildman–Crippen LogP) is 7.00. The minimum Gasteiger partial charge on any atom is -0.496 e. The van der Waals surface area contributed by atoms with Gasteiger partial charge in [-0.15, -0.1) is 0 Å². The smallest absolute Gasteiger partial charge is 0.416 e. The molecule has 0 spiro atoms. The lowest BCUT2D eigenvalue weighted by molar-refractivity contribution is -0.384. The number of hydrogen-bond donors (Lipinski definition) is 0. The maximum atomic E-state index is 13.5. The van der Waals surface area contributed by atoms with Crippen molar-refractivity contribution < 1.29 is 45.5 Å². The zero-order valence-corrected chi connectivity index (χ0v) is 22.7. The normalized spacial score (nSPS) is 18.8. The molecule has 1 amide bonds. The first-order valence-electron chi connectivity index (χ1n) is 13.0. The molecular formula is C28H24F6N4O5. The molecule has 15 heteroatoms. The highest BCUT2D eigenvalue weighted by atomic mass is 19.4. The lowest BCUT2D eigenvalue weighted by atomic mass is 9.97. The summed E-state index contributed by atoms with van der Waals surface area (Å²) < 4.78 is 91.7. The predicted molar refractivity (Wildman–Crippen MR) is 140 cm³/mol. The molecule has 0 N–H and O–H groups in total. The summed E-state index contributed by atoms with van der Waals surface area (Å²) in [6.07, 6.45) is -11.6. The van der Waals surface area contributed by atoms with Crippen molar-refractivity contribution in [1.29, 1.82) is 0 Å². The van der Waals surface area contributed by atoms with Gasteiger partial charge in [0.15, 0.2) is 0 Å². The van der Waals surface area contributed by atoms with Crippen LogP contribution in [0.5, 0.6) is 5.75 Å². The van der Waals surface area contributed by atoms with Crippen LogP contribution in [-0.4, -0.2) is 47.1 Å². The molecule has 1 aromatic heterocycles. The monoisotopic (exact) mass is 610 g/mol. The van der Waals surface area contributed by atoms with Gasteiger partial charge in [0.2, 0.25) is 0 Å². The summed E-state index contributed by atoms with van der Waals surface area (Å²) in [5, 5.41) is 11.5. The molecule has 0 radical (unpaired) electrons. The molecule has 0 bridgehead atoms. The zero-order valence-electron chi connectivity index (χ0n) is 22.7. The molecule has 3 aromatic rings. The Hall–Kier alpha value is -4.56. The van der Waals surface area contributed by atoms with Crippen LogP contribution in [0.25, 0.3) is 11.1 Å². The molecule has 0 aliphatic carbocycles. The Kier molecular flexibility index (Phi) is 7.60. The van der Waals surface area contributed by atoms with E-state index in [0.717, 1.165) is 24.4 Å². The lowest BCUT2D eigenvalue weighted by Gasteiger charge is -2.33. The van der Waals surface area contributed by atoms with Gasteiger partial charge in [0.05, 0.1) is 41.4 Å². The van der Waals surface area contributed by atoms with E-state index in [1.807, 2.05) is 4.90 Å². The average Bonchev–Trinajstić information content (AvgIpc) is 3.19. The number of methoxy groups -OCH3 is 1. The van der Waals surface area contributed by atoms with Crippen LogP contribution >= 0.6 is 0 Å². The van der Waals surface area contributed by atoms with E-state index >= 15 is 0 Å². The van der Waals surface area contributed by atoms with E-state index in [2.05, 4.69) is 0 Å². The number of pyridine rings is 1. The second kappa shape index (κ2) is 10.9. The summed E-state index contributed by atoms with van der Waals surface area (Å²) in [6.45, 7) is 2.64. The number of ether oxygens (including phenoxy) is 2. The minimum absolute atomic E-state index is 0.00657. The summed E-state index contributed by atoms with van der Waals surface area (Å²) in [6, 6.07) is 7.42. The second-order valence-corrected chi connectivity index (χ2v) is 10.2. The van der Waals surface area contributed by atoms with Gasteiger partial charge in [0.1, 0.15) is 17.7 Å². The van der Waals surface area contributed by atoms with E-state index in [1.165, 1.54) is 32.2 Å². The van der Waals surface area contributed by atoms with Crippen molar-refractivity contribution >= 4 is 17.6 Å². The fraction of sp³-hybridized carbons (Fsp3) is 0.357. The molecule has 0 saturated carbocycles. The number of aromatic nitrogens is 1. The van der Waals surface area contributed by atoms with Crippen LogP contribution in [0.15, 0.2) is 48.5 Å². The van der Waals surface area contributed by atoms with E-state index in [4.69, 9.17) is 14.5 Å². The van der Waals surface area contributed by atoms with Crippen LogP contribution in [0.4, 0.5) is 42.6 Å². The van der Waals surface area contributed by atoms with E-state index in [9.17, 15) is 41.3 Å². The van der Waals surface area contributed by atoms with Gasteiger partial charge in [-0.25, -0.2) is 9.78 Å².